The number of carboxylic acid groups (broad SMARTS) is 1. The maximum Gasteiger partial charge on any atom is 0.424 e. The van der Waals surface area contributed by atoms with Crippen molar-refractivity contribution < 1.29 is 33.0 Å². The van der Waals surface area contributed by atoms with Crippen LogP contribution >= 0.6 is 0 Å². The van der Waals surface area contributed by atoms with Gasteiger partial charge in [0.15, 0.2) is 6.23 Å². The lowest BCUT2D eigenvalue weighted by molar-refractivity contribution is 0.0209. The van der Waals surface area contributed by atoms with Crippen LogP contribution in [0.4, 0.5) is 9.59 Å². The highest BCUT2D eigenvalue weighted by Crippen LogP contribution is 2.37. The molecular weight excluding hydrogens is 376 g/mol. The summed E-state index contributed by atoms with van der Waals surface area (Å²) in [6.45, 7) is 4.82. The highest BCUT2D eigenvalue weighted by atomic mass is 32.2. The molecular formula is C17H22N2O7S. The quantitative estimate of drug-likeness (QED) is 0.800. The zero-order chi connectivity index (χ0) is 20.1. The smallest absolute Gasteiger partial charge is 0.424 e. The lowest BCUT2D eigenvalue weighted by atomic mass is 10.1. The van der Waals surface area contributed by atoms with Gasteiger partial charge >= 0.3 is 12.2 Å². The molecule has 2 amide bonds. The van der Waals surface area contributed by atoms with Crippen molar-refractivity contribution in [2.45, 2.75) is 62.9 Å². The maximum absolute atomic E-state index is 13.1. The first-order valence-corrected chi connectivity index (χ1v) is 9.93. The van der Waals surface area contributed by atoms with Gasteiger partial charge in [-0.15, -0.1) is 0 Å². The minimum Gasteiger partial charge on any atom is -0.465 e. The molecule has 1 aliphatic carbocycles. The molecule has 1 saturated carbocycles. The summed E-state index contributed by atoms with van der Waals surface area (Å²) in [7, 11) is -4.18. The summed E-state index contributed by atoms with van der Waals surface area (Å²) in [6, 6.07) is 3.49. The van der Waals surface area contributed by atoms with Crippen molar-refractivity contribution in [3.8, 4) is 0 Å². The van der Waals surface area contributed by atoms with Crippen LogP contribution in [0.2, 0.25) is 0 Å². The summed E-state index contributed by atoms with van der Waals surface area (Å²) in [5.74, 6) is 0. The van der Waals surface area contributed by atoms with Crippen LogP contribution in [0.25, 0.3) is 0 Å². The third-order valence-electron chi connectivity index (χ3n) is 4.28. The van der Waals surface area contributed by atoms with Crippen LogP contribution < -0.4 is 0 Å². The molecule has 1 heterocycles. The number of ether oxygens (including phenoxy) is 1. The second-order valence-electron chi connectivity index (χ2n) is 7.66. The Morgan fingerprint density at radius 2 is 1.89 bits per heavy atom. The molecule has 9 nitrogen and oxygen atoms in total. The van der Waals surface area contributed by atoms with E-state index in [0.717, 1.165) is 9.21 Å². The zero-order valence-electron chi connectivity index (χ0n) is 15.2. The number of hydrogen-bond donors (Lipinski definition) is 2. The fourth-order valence-corrected chi connectivity index (χ4v) is 4.51. The van der Waals surface area contributed by atoms with Gasteiger partial charge in [-0.1, -0.05) is 6.07 Å². The average molecular weight is 398 g/mol. The predicted octanol–water partition coefficient (Wildman–Crippen LogP) is 2.26. The molecule has 0 spiro atoms. The Morgan fingerprint density at radius 3 is 2.41 bits per heavy atom. The van der Waals surface area contributed by atoms with E-state index in [1.807, 2.05) is 0 Å². The molecule has 10 heteroatoms. The Hall–Kier alpha value is -2.33. The van der Waals surface area contributed by atoms with Crippen molar-refractivity contribution in [2.75, 3.05) is 0 Å². The van der Waals surface area contributed by atoms with Crippen molar-refractivity contribution in [1.29, 1.82) is 0 Å². The summed E-state index contributed by atoms with van der Waals surface area (Å²) in [6.07, 6.45) is -2.46. The third-order valence-corrected chi connectivity index (χ3v) is 6.10. The second kappa shape index (κ2) is 6.38. The SMILES string of the molecule is CC(C)(C)OC(=O)N(C1CC1)S(=O)(=O)c1ccc2c(c1)CN(C(=O)O)C2O. The van der Waals surface area contributed by atoms with E-state index in [1.165, 1.54) is 18.2 Å². The number of benzene rings is 1. The molecule has 148 valence electrons. The van der Waals surface area contributed by atoms with E-state index < -0.39 is 40.1 Å². The molecule has 0 aromatic heterocycles. The normalized spacial score (nSPS) is 19.6. The molecule has 0 bridgehead atoms. The van der Waals surface area contributed by atoms with Gasteiger partial charge in [-0.25, -0.2) is 18.0 Å². The van der Waals surface area contributed by atoms with Gasteiger partial charge < -0.3 is 14.9 Å². The van der Waals surface area contributed by atoms with E-state index in [9.17, 15) is 23.1 Å². The Kier molecular flexibility index (Phi) is 4.59. The highest BCUT2D eigenvalue weighted by Gasteiger charge is 2.44. The van der Waals surface area contributed by atoms with Gasteiger partial charge in [0.1, 0.15) is 5.60 Å². The van der Waals surface area contributed by atoms with Crippen LogP contribution in [0.15, 0.2) is 23.1 Å². The van der Waals surface area contributed by atoms with Crippen LogP contribution in [0, 0.1) is 0 Å². The van der Waals surface area contributed by atoms with Gasteiger partial charge in [0.2, 0.25) is 0 Å². The van der Waals surface area contributed by atoms with Crippen molar-refractivity contribution in [3.05, 3.63) is 29.3 Å². The number of aliphatic hydroxyl groups excluding tert-OH is 1. The van der Waals surface area contributed by atoms with Crippen molar-refractivity contribution in [1.82, 2.24) is 9.21 Å². The van der Waals surface area contributed by atoms with E-state index in [2.05, 4.69) is 0 Å². The van der Waals surface area contributed by atoms with Gasteiger partial charge in [-0.3, -0.25) is 4.90 Å². The van der Waals surface area contributed by atoms with E-state index in [0.29, 0.717) is 24.0 Å². The number of amides is 2. The zero-order valence-corrected chi connectivity index (χ0v) is 16.1. The lowest BCUT2D eigenvalue weighted by Gasteiger charge is -2.27. The first-order chi connectivity index (χ1) is 12.4. The molecule has 1 fully saturated rings. The molecule has 1 unspecified atom stereocenters. The van der Waals surface area contributed by atoms with Crippen LogP contribution in [0.1, 0.15) is 51.0 Å². The van der Waals surface area contributed by atoms with E-state index in [-0.39, 0.29) is 11.4 Å². The summed E-state index contributed by atoms with van der Waals surface area (Å²) >= 11 is 0. The van der Waals surface area contributed by atoms with E-state index >= 15 is 0 Å². The van der Waals surface area contributed by atoms with Crippen molar-refractivity contribution >= 4 is 22.2 Å². The summed E-state index contributed by atoms with van der Waals surface area (Å²) in [5, 5.41) is 19.2. The number of nitrogens with zero attached hydrogens (tertiary/aromatic N) is 2. The highest BCUT2D eigenvalue weighted by molar-refractivity contribution is 7.89. The van der Waals surface area contributed by atoms with Gasteiger partial charge in [0.05, 0.1) is 17.5 Å². The minimum atomic E-state index is -4.18. The number of hydrogen-bond acceptors (Lipinski definition) is 6. The standard InChI is InChI=1S/C17H22N2O7S/c1-17(2,3)26-16(23)19(11-4-5-11)27(24,25)12-6-7-13-10(8-12)9-18(14(13)20)15(21)22/h6-8,11,14,20H,4-5,9H2,1-3H3,(H,21,22). The van der Waals surface area contributed by atoms with Crippen LogP contribution in [-0.2, 0) is 21.3 Å². The molecule has 1 aromatic carbocycles. The fraction of sp³-hybridized carbons (Fsp3) is 0.529. The average Bonchev–Trinajstić information content (AvgIpc) is 3.28. The number of carbonyl (C=O) groups excluding carboxylic acids is 1. The minimum absolute atomic E-state index is 0.134. The Balaban J connectivity index is 1.94. The third kappa shape index (κ3) is 3.72. The number of rotatable bonds is 3. The molecule has 2 aliphatic rings. The maximum atomic E-state index is 13.1. The molecule has 2 N–H and O–H groups in total. The van der Waals surface area contributed by atoms with Gasteiger partial charge in [0.25, 0.3) is 10.0 Å². The van der Waals surface area contributed by atoms with Gasteiger partial charge in [0, 0.05) is 5.56 Å². The van der Waals surface area contributed by atoms with Gasteiger partial charge in [-0.2, -0.15) is 4.31 Å². The molecule has 0 saturated heterocycles. The largest absolute Gasteiger partial charge is 0.465 e. The molecule has 3 rings (SSSR count). The van der Waals surface area contributed by atoms with Crippen molar-refractivity contribution in [3.63, 3.8) is 0 Å². The van der Waals surface area contributed by atoms with Crippen LogP contribution in [0.5, 0.6) is 0 Å². The van der Waals surface area contributed by atoms with Crippen LogP contribution in [-0.4, -0.2) is 51.7 Å². The fourth-order valence-electron chi connectivity index (χ4n) is 2.91. The first-order valence-electron chi connectivity index (χ1n) is 8.49. The monoisotopic (exact) mass is 398 g/mol. The lowest BCUT2D eigenvalue weighted by Crippen LogP contribution is -2.42. The van der Waals surface area contributed by atoms with E-state index in [4.69, 9.17) is 9.84 Å². The van der Waals surface area contributed by atoms with Crippen LogP contribution in [0.3, 0.4) is 0 Å². The molecule has 1 atom stereocenters. The second-order valence-corrected chi connectivity index (χ2v) is 9.47. The molecule has 1 aliphatic heterocycles. The summed E-state index contributed by atoms with van der Waals surface area (Å²) < 4.78 is 32.2. The van der Waals surface area contributed by atoms with Gasteiger partial charge in [-0.05, 0) is 51.3 Å². The summed E-state index contributed by atoms with van der Waals surface area (Å²) in [4.78, 5) is 24.3. The Morgan fingerprint density at radius 1 is 1.26 bits per heavy atom. The molecule has 1 aromatic rings. The number of fused-ring (bicyclic) bond motifs is 1. The molecule has 27 heavy (non-hydrogen) atoms. The Labute approximate surface area is 157 Å². The number of aliphatic hydroxyl groups is 1. The topological polar surface area (TPSA) is 124 Å². The molecule has 0 radical (unpaired) electrons. The predicted molar refractivity (Wildman–Crippen MR) is 93.3 cm³/mol. The van der Waals surface area contributed by atoms with E-state index in [1.54, 1.807) is 20.8 Å². The first kappa shape index (κ1) is 19.4. The number of carbonyl (C=O) groups is 2. The van der Waals surface area contributed by atoms with Crippen molar-refractivity contribution in [2.24, 2.45) is 0 Å². The number of sulfonamides is 1. The summed E-state index contributed by atoms with van der Waals surface area (Å²) in [5.41, 5.74) is -0.137. The Bertz CT molecular complexity index is 887.